The lowest BCUT2D eigenvalue weighted by Gasteiger charge is -2.18. The van der Waals surface area contributed by atoms with E-state index in [1.54, 1.807) is 17.4 Å². The first-order valence-electron chi connectivity index (χ1n) is 7.25. The standard InChI is InChI=1S/C16H17N5O/c1-12-14(7-8-20(12)10-17)16(22)19-15-9-21(11-18-15)13-5-3-2-4-6-13/h2-6,9,11-12,14H,7-8H2,1H3,(H,19,22)/t12-,14-/m0/s1. The number of nitrogens with one attached hydrogen (secondary N) is 1. The van der Waals surface area contributed by atoms with Gasteiger partial charge in [-0.3, -0.25) is 4.79 Å². The maximum atomic E-state index is 12.3. The van der Waals surface area contributed by atoms with Gasteiger partial charge in [0.2, 0.25) is 5.91 Å². The molecule has 3 rings (SSSR count). The molecule has 0 radical (unpaired) electrons. The van der Waals surface area contributed by atoms with Crippen molar-refractivity contribution in [3.63, 3.8) is 0 Å². The Morgan fingerprint density at radius 3 is 2.86 bits per heavy atom. The minimum Gasteiger partial charge on any atom is -0.309 e. The number of para-hydroxylation sites is 1. The molecule has 112 valence electrons. The molecule has 1 N–H and O–H groups in total. The zero-order valence-corrected chi connectivity index (χ0v) is 12.3. The molecule has 1 aliphatic rings. The maximum absolute atomic E-state index is 12.3. The lowest BCUT2D eigenvalue weighted by atomic mass is 10.0. The number of rotatable bonds is 3. The van der Waals surface area contributed by atoms with Crippen molar-refractivity contribution in [3.05, 3.63) is 42.9 Å². The van der Waals surface area contributed by atoms with Gasteiger partial charge < -0.3 is 14.8 Å². The fraction of sp³-hybridized carbons (Fsp3) is 0.312. The Balaban J connectivity index is 1.68. The van der Waals surface area contributed by atoms with Gasteiger partial charge in [0, 0.05) is 18.3 Å². The van der Waals surface area contributed by atoms with Gasteiger partial charge in [-0.1, -0.05) is 18.2 Å². The summed E-state index contributed by atoms with van der Waals surface area (Å²) >= 11 is 0. The van der Waals surface area contributed by atoms with Gasteiger partial charge in [0.1, 0.15) is 6.33 Å². The third-order valence-corrected chi connectivity index (χ3v) is 4.11. The highest BCUT2D eigenvalue weighted by Gasteiger charge is 2.35. The number of hydrogen-bond acceptors (Lipinski definition) is 4. The first-order chi connectivity index (χ1) is 10.7. The molecule has 1 amide bonds. The summed E-state index contributed by atoms with van der Waals surface area (Å²) in [4.78, 5) is 18.2. The predicted molar refractivity (Wildman–Crippen MR) is 82.1 cm³/mol. The average Bonchev–Trinajstić information content (AvgIpc) is 3.14. The number of likely N-dealkylation sites (tertiary alicyclic amines) is 1. The van der Waals surface area contributed by atoms with Crippen LogP contribution in [0.4, 0.5) is 5.82 Å². The van der Waals surface area contributed by atoms with E-state index in [1.807, 2.05) is 41.8 Å². The van der Waals surface area contributed by atoms with Crippen molar-refractivity contribution in [3.8, 4) is 11.9 Å². The number of anilines is 1. The van der Waals surface area contributed by atoms with E-state index >= 15 is 0 Å². The van der Waals surface area contributed by atoms with E-state index < -0.39 is 0 Å². The quantitative estimate of drug-likeness (QED) is 0.879. The van der Waals surface area contributed by atoms with E-state index in [0.717, 1.165) is 5.69 Å². The summed E-state index contributed by atoms with van der Waals surface area (Å²) in [5.74, 6) is 0.265. The van der Waals surface area contributed by atoms with Gasteiger partial charge in [-0.2, -0.15) is 5.26 Å². The van der Waals surface area contributed by atoms with Crippen molar-refractivity contribution >= 4 is 11.7 Å². The van der Waals surface area contributed by atoms with Crippen molar-refractivity contribution in [2.24, 2.45) is 5.92 Å². The summed E-state index contributed by atoms with van der Waals surface area (Å²) in [6, 6.07) is 9.72. The topological polar surface area (TPSA) is 74.0 Å². The van der Waals surface area contributed by atoms with Gasteiger partial charge in [-0.15, -0.1) is 0 Å². The zero-order chi connectivity index (χ0) is 15.5. The van der Waals surface area contributed by atoms with Crippen LogP contribution in [-0.2, 0) is 4.79 Å². The van der Waals surface area contributed by atoms with E-state index in [4.69, 9.17) is 5.26 Å². The second kappa shape index (κ2) is 5.90. The number of nitriles is 1. The Morgan fingerprint density at radius 2 is 2.18 bits per heavy atom. The smallest absolute Gasteiger partial charge is 0.230 e. The van der Waals surface area contributed by atoms with Gasteiger partial charge in [0.05, 0.1) is 12.1 Å². The Hall–Kier alpha value is -2.81. The number of benzene rings is 1. The molecule has 0 spiro atoms. The molecule has 0 aliphatic carbocycles. The van der Waals surface area contributed by atoms with Crippen LogP contribution in [-0.4, -0.2) is 32.9 Å². The molecule has 1 saturated heterocycles. The zero-order valence-electron chi connectivity index (χ0n) is 12.3. The van der Waals surface area contributed by atoms with Gasteiger partial charge in [-0.05, 0) is 25.5 Å². The summed E-state index contributed by atoms with van der Waals surface area (Å²) < 4.78 is 1.86. The van der Waals surface area contributed by atoms with Crippen LogP contribution >= 0.6 is 0 Å². The number of carbonyl (C=O) groups is 1. The number of amides is 1. The summed E-state index contributed by atoms with van der Waals surface area (Å²) in [5.41, 5.74) is 0.986. The monoisotopic (exact) mass is 295 g/mol. The van der Waals surface area contributed by atoms with E-state index in [9.17, 15) is 4.79 Å². The first kappa shape index (κ1) is 14.1. The Bertz CT molecular complexity index is 703. The van der Waals surface area contributed by atoms with Crippen LogP contribution in [0.2, 0.25) is 0 Å². The number of carbonyl (C=O) groups excluding carboxylic acids is 1. The van der Waals surface area contributed by atoms with Crippen LogP contribution in [0.25, 0.3) is 5.69 Å². The molecule has 22 heavy (non-hydrogen) atoms. The molecule has 6 nitrogen and oxygen atoms in total. The summed E-state index contributed by atoms with van der Waals surface area (Å²) in [6.07, 6.45) is 6.27. The van der Waals surface area contributed by atoms with Gasteiger partial charge in [0.15, 0.2) is 12.0 Å². The van der Waals surface area contributed by atoms with E-state index in [-0.39, 0.29) is 17.9 Å². The number of aromatic nitrogens is 2. The Morgan fingerprint density at radius 1 is 1.41 bits per heavy atom. The lowest BCUT2D eigenvalue weighted by molar-refractivity contribution is -0.120. The van der Waals surface area contributed by atoms with Crippen LogP contribution in [0.15, 0.2) is 42.9 Å². The van der Waals surface area contributed by atoms with E-state index in [1.165, 1.54) is 0 Å². The SMILES string of the molecule is C[C@H]1[C@@H](C(=O)Nc2cn(-c3ccccc3)cn2)CCN1C#N. The van der Waals surface area contributed by atoms with Crippen molar-refractivity contribution in [2.45, 2.75) is 19.4 Å². The Kier molecular flexibility index (Phi) is 3.79. The molecule has 1 aliphatic heterocycles. The molecule has 0 unspecified atom stereocenters. The van der Waals surface area contributed by atoms with Crippen LogP contribution in [0.1, 0.15) is 13.3 Å². The number of nitrogens with zero attached hydrogens (tertiary/aromatic N) is 4. The molecule has 2 atom stereocenters. The normalized spacial score (nSPS) is 20.6. The lowest BCUT2D eigenvalue weighted by Crippen LogP contribution is -2.33. The molecular formula is C16H17N5O. The fourth-order valence-corrected chi connectivity index (χ4v) is 2.78. The maximum Gasteiger partial charge on any atom is 0.230 e. The minimum absolute atomic E-state index is 0.0683. The molecule has 2 heterocycles. The largest absolute Gasteiger partial charge is 0.309 e. The Labute approximate surface area is 129 Å². The third kappa shape index (κ3) is 2.66. The minimum atomic E-state index is -0.179. The molecule has 1 aromatic carbocycles. The summed E-state index contributed by atoms with van der Waals surface area (Å²) in [7, 11) is 0. The van der Waals surface area contributed by atoms with Gasteiger partial charge in [-0.25, -0.2) is 4.98 Å². The molecule has 1 aromatic heterocycles. The molecule has 0 bridgehead atoms. The van der Waals surface area contributed by atoms with Crippen molar-refractivity contribution in [1.29, 1.82) is 5.26 Å². The highest BCUT2D eigenvalue weighted by Crippen LogP contribution is 2.24. The first-order valence-corrected chi connectivity index (χ1v) is 7.25. The number of imidazole rings is 1. The van der Waals surface area contributed by atoms with E-state index in [2.05, 4.69) is 16.5 Å². The summed E-state index contributed by atoms with van der Waals surface area (Å²) in [5, 5.41) is 11.8. The molecular weight excluding hydrogens is 278 g/mol. The highest BCUT2D eigenvalue weighted by atomic mass is 16.2. The second-order valence-corrected chi connectivity index (χ2v) is 5.42. The van der Waals surface area contributed by atoms with Gasteiger partial charge in [0.25, 0.3) is 0 Å². The summed E-state index contributed by atoms with van der Waals surface area (Å²) in [6.45, 7) is 2.54. The number of hydrogen-bond donors (Lipinski definition) is 1. The molecule has 0 saturated carbocycles. The van der Waals surface area contributed by atoms with E-state index in [0.29, 0.717) is 18.8 Å². The molecule has 2 aromatic rings. The second-order valence-electron chi connectivity index (χ2n) is 5.42. The highest BCUT2D eigenvalue weighted by molar-refractivity contribution is 5.92. The fourth-order valence-electron chi connectivity index (χ4n) is 2.78. The van der Waals surface area contributed by atoms with Crippen LogP contribution < -0.4 is 5.32 Å². The molecule has 6 heteroatoms. The van der Waals surface area contributed by atoms with Crippen molar-refractivity contribution in [2.75, 3.05) is 11.9 Å². The third-order valence-electron chi connectivity index (χ3n) is 4.11. The van der Waals surface area contributed by atoms with Crippen LogP contribution in [0, 0.1) is 17.4 Å². The average molecular weight is 295 g/mol. The van der Waals surface area contributed by atoms with Gasteiger partial charge >= 0.3 is 0 Å². The van der Waals surface area contributed by atoms with Crippen LogP contribution in [0.5, 0.6) is 0 Å². The van der Waals surface area contributed by atoms with Crippen molar-refractivity contribution in [1.82, 2.24) is 14.5 Å². The van der Waals surface area contributed by atoms with Crippen LogP contribution in [0.3, 0.4) is 0 Å². The van der Waals surface area contributed by atoms with Crippen molar-refractivity contribution < 1.29 is 4.79 Å². The molecule has 1 fully saturated rings. The predicted octanol–water partition coefficient (Wildman–Crippen LogP) is 2.00.